The lowest BCUT2D eigenvalue weighted by atomic mass is 9.95. The number of ketones is 1. The van der Waals surface area contributed by atoms with E-state index < -0.39 is 5.97 Å². The van der Waals surface area contributed by atoms with E-state index in [-0.39, 0.29) is 5.78 Å². The molecule has 0 radical (unpaired) electrons. The van der Waals surface area contributed by atoms with Crippen LogP contribution in [0, 0.1) is 13.8 Å². The molecule has 3 aromatic rings. The fraction of sp³-hybridized carbons (Fsp3) is 0.455. The summed E-state index contributed by atoms with van der Waals surface area (Å²) in [5.74, 6) is 0.939. The van der Waals surface area contributed by atoms with Crippen LogP contribution in [-0.4, -0.2) is 62.5 Å². The molecular formula is C22H27N5O3. The number of fused-ring (bicyclic) bond motifs is 1. The van der Waals surface area contributed by atoms with Crippen LogP contribution in [0.3, 0.4) is 0 Å². The highest BCUT2D eigenvalue weighted by atomic mass is 16.5. The van der Waals surface area contributed by atoms with Gasteiger partial charge in [-0.2, -0.15) is 0 Å². The number of Topliss-reactive ketones (excluding diaryl/α,β-unsaturated/α-hetero) is 1. The largest absolute Gasteiger partial charge is 0.461 e. The first-order valence-corrected chi connectivity index (χ1v) is 10.4. The molecule has 1 aliphatic rings. The number of hydrogen-bond acceptors (Lipinski definition) is 6. The maximum atomic E-state index is 13.0. The molecule has 1 aliphatic heterocycles. The van der Waals surface area contributed by atoms with Crippen molar-refractivity contribution in [1.82, 2.24) is 24.5 Å². The van der Waals surface area contributed by atoms with Gasteiger partial charge in [-0.1, -0.05) is 6.07 Å². The number of piperidine rings is 1. The first kappa shape index (κ1) is 20.3. The molecule has 158 valence electrons. The van der Waals surface area contributed by atoms with E-state index in [9.17, 15) is 9.59 Å². The Hall–Kier alpha value is -3.00. The summed E-state index contributed by atoms with van der Waals surface area (Å²) in [6.45, 7) is 7.68. The number of nitrogens with one attached hydrogen (secondary N) is 1. The van der Waals surface area contributed by atoms with Crippen LogP contribution < -0.4 is 0 Å². The summed E-state index contributed by atoms with van der Waals surface area (Å²) in [5.41, 5.74) is 3.21. The third-order valence-corrected chi connectivity index (χ3v) is 5.86. The van der Waals surface area contributed by atoms with Crippen molar-refractivity contribution >= 4 is 17.4 Å². The normalized spacial score (nSPS) is 15.6. The van der Waals surface area contributed by atoms with Gasteiger partial charge in [0.05, 0.1) is 13.2 Å². The topological polar surface area (TPSA) is 92.6 Å². The van der Waals surface area contributed by atoms with Crippen LogP contribution in [0.15, 0.2) is 24.4 Å². The number of aromatic amines is 1. The van der Waals surface area contributed by atoms with Crippen molar-refractivity contribution in [2.45, 2.75) is 39.5 Å². The van der Waals surface area contributed by atoms with Crippen LogP contribution in [-0.2, 0) is 4.74 Å². The van der Waals surface area contributed by atoms with Crippen LogP contribution >= 0.6 is 0 Å². The Morgan fingerprint density at radius 1 is 1.20 bits per heavy atom. The fourth-order valence-corrected chi connectivity index (χ4v) is 4.35. The molecule has 8 heteroatoms. The summed E-state index contributed by atoms with van der Waals surface area (Å²) in [6.07, 6.45) is 3.86. The minimum Gasteiger partial charge on any atom is -0.461 e. The van der Waals surface area contributed by atoms with Crippen LogP contribution in [0.5, 0.6) is 0 Å². The Kier molecular flexibility index (Phi) is 5.67. The number of carbonyl (C=O) groups excluding carboxylic acids is 2. The number of carbonyl (C=O) groups is 2. The maximum absolute atomic E-state index is 13.0. The molecule has 0 bridgehead atoms. The standard InChI is InChI=1S/C22H27N5O3/c1-4-30-22(29)20-14(2)19(15(3)23-20)17(28)13-26-11-8-16(9-12-26)21-25-24-18-7-5-6-10-27(18)21/h5-7,10,16,23H,4,8-9,11-13H2,1-3H3. The SMILES string of the molecule is CCOC(=O)c1[nH]c(C)c(C(=O)CN2CCC(c3nnc4ccccn34)CC2)c1C. The van der Waals surface area contributed by atoms with Gasteiger partial charge in [-0.05, 0) is 64.4 Å². The molecule has 0 atom stereocenters. The Bertz CT molecular complexity index is 1080. The van der Waals surface area contributed by atoms with E-state index in [1.54, 1.807) is 13.8 Å². The van der Waals surface area contributed by atoms with Gasteiger partial charge in [0, 0.05) is 23.4 Å². The molecule has 1 fully saturated rings. The zero-order chi connectivity index (χ0) is 21.3. The van der Waals surface area contributed by atoms with Crippen LogP contribution in [0.2, 0.25) is 0 Å². The Balaban J connectivity index is 1.41. The van der Waals surface area contributed by atoms with Gasteiger partial charge in [-0.25, -0.2) is 4.79 Å². The lowest BCUT2D eigenvalue weighted by Gasteiger charge is -2.30. The number of H-pyrrole nitrogens is 1. The minimum atomic E-state index is -0.418. The Morgan fingerprint density at radius 3 is 2.70 bits per heavy atom. The van der Waals surface area contributed by atoms with Crippen molar-refractivity contribution in [2.24, 2.45) is 0 Å². The Labute approximate surface area is 175 Å². The van der Waals surface area contributed by atoms with Gasteiger partial charge < -0.3 is 9.72 Å². The van der Waals surface area contributed by atoms with Gasteiger partial charge in [0.2, 0.25) is 0 Å². The minimum absolute atomic E-state index is 0.0307. The summed E-state index contributed by atoms with van der Waals surface area (Å²) >= 11 is 0. The number of pyridine rings is 1. The number of nitrogens with zero attached hydrogens (tertiary/aromatic N) is 4. The van der Waals surface area contributed by atoms with Crippen molar-refractivity contribution in [3.63, 3.8) is 0 Å². The molecule has 0 saturated carbocycles. The predicted molar refractivity (Wildman–Crippen MR) is 112 cm³/mol. The molecule has 3 aromatic heterocycles. The lowest BCUT2D eigenvalue weighted by molar-refractivity contribution is 0.0519. The third kappa shape index (κ3) is 3.75. The van der Waals surface area contributed by atoms with Gasteiger partial charge in [-0.15, -0.1) is 10.2 Å². The van der Waals surface area contributed by atoms with Crippen molar-refractivity contribution in [1.29, 1.82) is 0 Å². The highest BCUT2D eigenvalue weighted by Gasteiger charge is 2.28. The first-order valence-electron chi connectivity index (χ1n) is 10.4. The van der Waals surface area contributed by atoms with E-state index in [0.717, 1.165) is 37.4 Å². The molecule has 4 heterocycles. The van der Waals surface area contributed by atoms with Gasteiger partial charge >= 0.3 is 5.97 Å². The Morgan fingerprint density at radius 2 is 1.97 bits per heavy atom. The van der Waals surface area contributed by atoms with Crippen molar-refractivity contribution in [3.05, 3.63) is 52.7 Å². The fourth-order valence-electron chi connectivity index (χ4n) is 4.35. The van der Waals surface area contributed by atoms with Crippen LogP contribution in [0.4, 0.5) is 0 Å². The molecule has 0 aliphatic carbocycles. The number of likely N-dealkylation sites (tertiary alicyclic amines) is 1. The van der Waals surface area contributed by atoms with E-state index in [0.29, 0.717) is 41.6 Å². The van der Waals surface area contributed by atoms with Crippen molar-refractivity contribution in [3.8, 4) is 0 Å². The van der Waals surface area contributed by atoms with E-state index in [1.807, 2.05) is 31.3 Å². The maximum Gasteiger partial charge on any atom is 0.355 e. The smallest absolute Gasteiger partial charge is 0.355 e. The highest BCUT2D eigenvalue weighted by molar-refractivity contribution is 6.03. The molecule has 1 N–H and O–H groups in total. The molecular weight excluding hydrogens is 382 g/mol. The summed E-state index contributed by atoms with van der Waals surface area (Å²) < 4.78 is 7.13. The number of aryl methyl sites for hydroxylation is 1. The number of hydrogen-bond donors (Lipinski definition) is 1. The zero-order valence-electron chi connectivity index (χ0n) is 17.6. The molecule has 4 rings (SSSR count). The van der Waals surface area contributed by atoms with Crippen LogP contribution in [0.1, 0.15) is 63.6 Å². The number of ether oxygens (including phenoxy) is 1. The zero-order valence-corrected chi connectivity index (χ0v) is 17.6. The predicted octanol–water partition coefficient (Wildman–Crippen LogP) is 2.91. The highest BCUT2D eigenvalue weighted by Crippen LogP contribution is 2.27. The van der Waals surface area contributed by atoms with E-state index in [2.05, 4.69) is 24.5 Å². The number of rotatable bonds is 6. The van der Waals surface area contributed by atoms with E-state index >= 15 is 0 Å². The van der Waals surface area contributed by atoms with Gasteiger partial charge in [-0.3, -0.25) is 14.1 Å². The molecule has 30 heavy (non-hydrogen) atoms. The van der Waals surface area contributed by atoms with E-state index in [1.165, 1.54) is 0 Å². The molecule has 1 saturated heterocycles. The monoisotopic (exact) mass is 409 g/mol. The first-order chi connectivity index (χ1) is 14.5. The summed E-state index contributed by atoms with van der Waals surface area (Å²) in [5, 5.41) is 8.64. The second-order valence-electron chi connectivity index (χ2n) is 7.81. The molecule has 8 nitrogen and oxygen atoms in total. The van der Waals surface area contributed by atoms with Gasteiger partial charge in [0.15, 0.2) is 11.4 Å². The molecule has 0 unspecified atom stereocenters. The van der Waals surface area contributed by atoms with Gasteiger partial charge in [0.1, 0.15) is 11.5 Å². The average molecular weight is 409 g/mol. The third-order valence-electron chi connectivity index (χ3n) is 5.86. The number of aromatic nitrogens is 4. The van der Waals surface area contributed by atoms with Crippen LogP contribution in [0.25, 0.3) is 5.65 Å². The van der Waals surface area contributed by atoms with Crippen molar-refractivity contribution in [2.75, 3.05) is 26.2 Å². The summed E-state index contributed by atoms with van der Waals surface area (Å²) in [7, 11) is 0. The molecule has 0 spiro atoms. The number of esters is 1. The van der Waals surface area contributed by atoms with Crippen molar-refractivity contribution < 1.29 is 14.3 Å². The van der Waals surface area contributed by atoms with E-state index in [4.69, 9.17) is 4.74 Å². The summed E-state index contributed by atoms with van der Waals surface area (Å²) in [4.78, 5) is 30.3. The quantitative estimate of drug-likeness (QED) is 0.497. The second-order valence-corrected chi connectivity index (χ2v) is 7.81. The molecule has 0 amide bonds. The lowest BCUT2D eigenvalue weighted by Crippen LogP contribution is -2.37. The summed E-state index contributed by atoms with van der Waals surface area (Å²) in [6, 6.07) is 5.90. The second kappa shape index (κ2) is 8.39. The van der Waals surface area contributed by atoms with Gasteiger partial charge in [0.25, 0.3) is 0 Å². The average Bonchev–Trinajstić information content (AvgIpc) is 3.29. The molecule has 0 aromatic carbocycles.